The van der Waals surface area contributed by atoms with Gasteiger partial charge in [0, 0.05) is 17.9 Å². The molecule has 0 aliphatic rings. The highest BCUT2D eigenvalue weighted by Gasteiger charge is 2.17. The predicted molar refractivity (Wildman–Crippen MR) is 92.2 cm³/mol. The molecular weight excluding hydrogens is 329 g/mol. The lowest BCUT2D eigenvalue weighted by atomic mass is 9.99. The Kier molecular flexibility index (Phi) is 5.39. The summed E-state index contributed by atoms with van der Waals surface area (Å²) in [6, 6.07) is 10.9. The highest BCUT2D eigenvalue weighted by Crippen LogP contribution is 2.21. The van der Waals surface area contributed by atoms with Crippen LogP contribution < -0.4 is 5.32 Å². The van der Waals surface area contributed by atoms with E-state index >= 15 is 0 Å². The van der Waals surface area contributed by atoms with E-state index in [1.807, 2.05) is 0 Å². The second-order valence-electron chi connectivity index (χ2n) is 5.93. The van der Waals surface area contributed by atoms with Crippen LogP contribution in [-0.2, 0) is 21.1 Å². The zero-order valence-electron chi connectivity index (χ0n) is 13.8. The van der Waals surface area contributed by atoms with Crippen LogP contribution >= 0.6 is 0 Å². The molecule has 0 spiro atoms. The maximum atomic E-state index is 13.7. The van der Waals surface area contributed by atoms with Crippen molar-refractivity contribution in [3.63, 3.8) is 0 Å². The molecule has 1 amide bonds. The van der Waals surface area contributed by atoms with E-state index in [9.17, 15) is 17.6 Å². The van der Waals surface area contributed by atoms with Gasteiger partial charge in [-0.05, 0) is 42.7 Å². The van der Waals surface area contributed by atoms with Crippen LogP contribution in [0.4, 0.5) is 10.1 Å². The minimum atomic E-state index is -3.35. The van der Waals surface area contributed by atoms with Crippen molar-refractivity contribution in [1.29, 1.82) is 0 Å². The first kappa shape index (κ1) is 18.1. The average Bonchev–Trinajstić information content (AvgIpc) is 2.50. The number of amides is 1. The highest BCUT2D eigenvalue weighted by molar-refractivity contribution is 7.90. The number of halogens is 1. The van der Waals surface area contributed by atoms with E-state index in [-0.39, 0.29) is 23.0 Å². The van der Waals surface area contributed by atoms with Crippen LogP contribution in [0.5, 0.6) is 0 Å². The zero-order chi connectivity index (χ0) is 17.9. The molecule has 0 unspecified atom stereocenters. The number of carbonyl (C=O) groups excluding carboxylic acids is 1. The third-order valence-corrected chi connectivity index (χ3v) is 4.94. The molecule has 0 aliphatic heterocycles. The van der Waals surface area contributed by atoms with Crippen molar-refractivity contribution >= 4 is 21.4 Å². The van der Waals surface area contributed by atoms with Crippen LogP contribution in [-0.4, -0.2) is 20.6 Å². The minimum Gasteiger partial charge on any atom is -0.326 e. The van der Waals surface area contributed by atoms with Gasteiger partial charge in [-0.2, -0.15) is 0 Å². The van der Waals surface area contributed by atoms with E-state index in [0.717, 1.165) is 11.8 Å². The Balaban J connectivity index is 2.16. The monoisotopic (exact) mass is 349 g/mol. The van der Waals surface area contributed by atoms with Crippen molar-refractivity contribution in [2.75, 3.05) is 11.6 Å². The van der Waals surface area contributed by atoms with Crippen molar-refractivity contribution in [2.45, 2.75) is 25.2 Å². The topological polar surface area (TPSA) is 63.2 Å². The van der Waals surface area contributed by atoms with Gasteiger partial charge in [0.25, 0.3) is 0 Å². The maximum Gasteiger partial charge on any atom is 0.227 e. The summed E-state index contributed by atoms with van der Waals surface area (Å²) in [5, 5.41) is 2.74. The van der Waals surface area contributed by atoms with Gasteiger partial charge >= 0.3 is 0 Å². The zero-order valence-corrected chi connectivity index (χ0v) is 14.7. The number of aryl methyl sites for hydroxylation is 1. The summed E-state index contributed by atoms with van der Waals surface area (Å²) in [7, 11) is -3.35. The number of rotatable bonds is 5. The first-order valence-electron chi connectivity index (χ1n) is 7.53. The van der Waals surface area contributed by atoms with Crippen LogP contribution in [0, 0.1) is 18.7 Å². The van der Waals surface area contributed by atoms with Gasteiger partial charge < -0.3 is 5.32 Å². The molecule has 2 aromatic carbocycles. The summed E-state index contributed by atoms with van der Waals surface area (Å²) in [5.41, 5.74) is 1.68. The fourth-order valence-electron chi connectivity index (χ4n) is 2.31. The Morgan fingerprint density at radius 2 is 1.88 bits per heavy atom. The lowest BCUT2D eigenvalue weighted by molar-refractivity contribution is -0.119. The molecular formula is C18H20FNO3S. The molecule has 0 radical (unpaired) electrons. The van der Waals surface area contributed by atoms with Crippen molar-refractivity contribution in [2.24, 2.45) is 5.92 Å². The molecule has 24 heavy (non-hydrogen) atoms. The molecule has 128 valence electrons. The van der Waals surface area contributed by atoms with Gasteiger partial charge in [0.15, 0.2) is 9.84 Å². The largest absolute Gasteiger partial charge is 0.326 e. The van der Waals surface area contributed by atoms with Gasteiger partial charge in [0.05, 0.1) is 4.90 Å². The number of hydrogen-bond acceptors (Lipinski definition) is 3. The van der Waals surface area contributed by atoms with E-state index < -0.39 is 15.8 Å². The van der Waals surface area contributed by atoms with E-state index in [4.69, 9.17) is 0 Å². The van der Waals surface area contributed by atoms with Crippen molar-refractivity contribution in [3.8, 4) is 0 Å². The summed E-state index contributed by atoms with van der Waals surface area (Å²) in [5.74, 6) is -1.08. The molecule has 0 saturated carbocycles. The number of sulfone groups is 1. The van der Waals surface area contributed by atoms with Crippen LogP contribution in [0.25, 0.3) is 0 Å². The Morgan fingerprint density at radius 3 is 2.50 bits per heavy atom. The van der Waals surface area contributed by atoms with E-state index in [1.54, 1.807) is 38.1 Å². The lowest BCUT2D eigenvalue weighted by Crippen LogP contribution is -2.23. The minimum absolute atomic E-state index is 0.144. The van der Waals surface area contributed by atoms with Gasteiger partial charge in [0.1, 0.15) is 5.82 Å². The molecule has 4 nitrogen and oxygen atoms in total. The van der Waals surface area contributed by atoms with Crippen molar-refractivity contribution in [1.82, 2.24) is 0 Å². The van der Waals surface area contributed by atoms with E-state index in [2.05, 4.69) is 5.32 Å². The summed E-state index contributed by atoms with van der Waals surface area (Å²) >= 11 is 0. The fourth-order valence-corrected chi connectivity index (χ4v) is 2.96. The third kappa shape index (κ3) is 4.41. The first-order chi connectivity index (χ1) is 11.2. The van der Waals surface area contributed by atoms with Crippen LogP contribution in [0.3, 0.4) is 0 Å². The summed E-state index contributed by atoms with van der Waals surface area (Å²) < 4.78 is 37.0. The number of hydrogen-bond donors (Lipinski definition) is 1. The maximum absolute atomic E-state index is 13.7. The molecule has 2 rings (SSSR count). The predicted octanol–water partition coefficient (Wildman–Crippen LogP) is 3.35. The molecule has 6 heteroatoms. The molecule has 0 saturated heterocycles. The van der Waals surface area contributed by atoms with Gasteiger partial charge in [-0.15, -0.1) is 0 Å². The van der Waals surface area contributed by atoms with Gasteiger partial charge in [-0.3, -0.25) is 4.79 Å². The Bertz CT molecular complexity index is 862. The quantitative estimate of drug-likeness (QED) is 0.900. The molecule has 2 aromatic rings. The number of carbonyl (C=O) groups is 1. The second-order valence-corrected chi connectivity index (χ2v) is 7.95. The standard InChI is InChI=1S/C18H20FNO3S/c1-12-8-9-15(24(3,22)23)11-17(12)20-18(21)13(2)10-14-6-4-5-7-16(14)19/h4-9,11,13H,10H2,1-3H3,(H,20,21)/t13-/m0/s1. The SMILES string of the molecule is Cc1ccc(S(C)(=O)=O)cc1NC(=O)[C@@H](C)Cc1ccccc1F. The molecule has 0 heterocycles. The van der Waals surface area contributed by atoms with Crippen molar-refractivity contribution in [3.05, 3.63) is 59.4 Å². The molecule has 0 aliphatic carbocycles. The number of nitrogens with one attached hydrogen (secondary N) is 1. The lowest BCUT2D eigenvalue weighted by Gasteiger charge is -2.15. The molecule has 0 bridgehead atoms. The Labute approximate surface area is 141 Å². The fraction of sp³-hybridized carbons (Fsp3) is 0.278. The molecule has 0 fully saturated rings. The molecule has 0 aromatic heterocycles. The Hall–Kier alpha value is -2.21. The molecule has 1 atom stereocenters. The van der Waals surface area contributed by atoms with Crippen LogP contribution in [0.15, 0.2) is 47.4 Å². The highest BCUT2D eigenvalue weighted by atomic mass is 32.2. The second kappa shape index (κ2) is 7.13. The van der Waals surface area contributed by atoms with Gasteiger partial charge in [0.2, 0.25) is 5.91 Å². The van der Waals surface area contributed by atoms with Crippen molar-refractivity contribution < 1.29 is 17.6 Å². The van der Waals surface area contributed by atoms with Crippen LogP contribution in [0.1, 0.15) is 18.1 Å². The number of benzene rings is 2. The van der Waals surface area contributed by atoms with Gasteiger partial charge in [-0.1, -0.05) is 31.2 Å². The Morgan fingerprint density at radius 1 is 1.21 bits per heavy atom. The first-order valence-corrected chi connectivity index (χ1v) is 9.42. The third-order valence-electron chi connectivity index (χ3n) is 3.83. The summed E-state index contributed by atoms with van der Waals surface area (Å²) in [6.07, 6.45) is 1.38. The van der Waals surface area contributed by atoms with E-state index in [1.165, 1.54) is 18.2 Å². The number of anilines is 1. The van der Waals surface area contributed by atoms with E-state index in [0.29, 0.717) is 11.3 Å². The normalized spacial score (nSPS) is 12.7. The smallest absolute Gasteiger partial charge is 0.227 e. The summed E-state index contributed by atoms with van der Waals surface area (Å²) in [4.78, 5) is 12.5. The average molecular weight is 349 g/mol. The summed E-state index contributed by atoms with van der Waals surface area (Å²) in [6.45, 7) is 3.49. The van der Waals surface area contributed by atoms with Gasteiger partial charge in [-0.25, -0.2) is 12.8 Å². The van der Waals surface area contributed by atoms with Crippen LogP contribution in [0.2, 0.25) is 0 Å². The molecule has 1 N–H and O–H groups in total.